The molecule has 0 aliphatic carbocycles. The average Bonchev–Trinajstić information content (AvgIpc) is 3.65. The van der Waals surface area contributed by atoms with E-state index >= 15 is 0 Å². The smallest absolute Gasteiger partial charge is 0.306 e. The molecule has 206 valence electrons. The van der Waals surface area contributed by atoms with Crippen LogP contribution in [-0.4, -0.2) is 29.9 Å². The highest BCUT2D eigenvalue weighted by Gasteiger charge is 2.31. The number of alkyl halides is 3. The van der Waals surface area contributed by atoms with Crippen molar-refractivity contribution in [3.63, 3.8) is 0 Å². The first-order valence-electron chi connectivity index (χ1n) is 13.0. The molecule has 0 saturated heterocycles. The van der Waals surface area contributed by atoms with E-state index in [1.165, 1.54) is 10.9 Å². The zero-order valence-corrected chi connectivity index (χ0v) is 22.3. The van der Waals surface area contributed by atoms with Crippen molar-refractivity contribution < 1.29 is 18.0 Å². The Kier molecular flexibility index (Phi) is 6.88. The van der Waals surface area contributed by atoms with Crippen molar-refractivity contribution in [2.45, 2.75) is 19.5 Å². The molecule has 0 aliphatic heterocycles. The lowest BCUT2D eigenvalue weighted by molar-refractivity contribution is -0.137. The van der Waals surface area contributed by atoms with Gasteiger partial charge in [0.2, 0.25) is 0 Å². The van der Waals surface area contributed by atoms with Gasteiger partial charge >= 0.3 is 6.18 Å². The number of nitrogens with zero attached hydrogens (tertiary/aromatic N) is 5. The first-order valence-corrected chi connectivity index (χ1v) is 13.0. The van der Waals surface area contributed by atoms with E-state index in [1.807, 2.05) is 43.3 Å². The molecule has 6 rings (SSSR count). The van der Waals surface area contributed by atoms with E-state index in [4.69, 9.17) is 0 Å². The molecule has 3 aromatic carbocycles. The Morgan fingerprint density at radius 1 is 0.929 bits per heavy atom. The summed E-state index contributed by atoms with van der Waals surface area (Å²) in [5.41, 5.74) is 4.23. The summed E-state index contributed by atoms with van der Waals surface area (Å²) in [4.78, 5) is 21.9. The van der Waals surface area contributed by atoms with Crippen molar-refractivity contribution in [1.29, 1.82) is 0 Å². The Morgan fingerprint density at radius 3 is 2.57 bits per heavy atom. The van der Waals surface area contributed by atoms with Gasteiger partial charge in [0.05, 0.1) is 23.8 Å². The molecule has 0 saturated carbocycles. The predicted octanol–water partition coefficient (Wildman–Crippen LogP) is 6.73. The van der Waals surface area contributed by atoms with E-state index in [9.17, 15) is 18.0 Å². The Balaban J connectivity index is 1.29. The van der Waals surface area contributed by atoms with Crippen LogP contribution in [0.3, 0.4) is 0 Å². The number of carbonyl (C=O) groups is 1. The zero-order valence-electron chi connectivity index (χ0n) is 22.3. The van der Waals surface area contributed by atoms with E-state index in [-0.39, 0.29) is 23.5 Å². The second kappa shape index (κ2) is 10.8. The normalized spacial score (nSPS) is 11.3. The van der Waals surface area contributed by atoms with Gasteiger partial charge in [-0.05, 0) is 60.4 Å². The number of aryl methyl sites for hydroxylation is 1. The topological polar surface area (TPSA) is 65.1 Å². The van der Waals surface area contributed by atoms with Crippen LogP contribution >= 0.6 is 0 Å². The largest absolute Gasteiger partial charge is 0.416 e. The Hall–Kier alpha value is -5.49. The predicted molar refractivity (Wildman–Crippen MR) is 152 cm³/mol. The first-order chi connectivity index (χ1) is 20.2. The summed E-state index contributed by atoms with van der Waals surface area (Å²) in [6.45, 7) is 1.87. The summed E-state index contributed by atoms with van der Waals surface area (Å²) in [5.74, 6) is 5.80. The minimum Gasteiger partial charge on any atom is -0.306 e. The molecular weight excluding hydrogens is 539 g/mol. The Labute approximate surface area is 239 Å². The number of ketones is 1. The van der Waals surface area contributed by atoms with Crippen LogP contribution in [0.1, 0.15) is 38.3 Å². The van der Waals surface area contributed by atoms with Crippen molar-refractivity contribution in [3.8, 4) is 28.8 Å². The number of carbonyl (C=O) groups excluding carboxylic acids is 1. The molecule has 6 nitrogen and oxygen atoms in total. The second-order valence-corrected chi connectivity index (χ2v) is 9.73. The summed E-state index contributed by atoms with van der Waals surface area (Å²) >= 11 is 0. The molecule has 9 heteroatoms. The SMILES string of the molecule is Cc1ccc(C(=O)Cc2cc(-n3cnc(-c4ccccc4)c3)cc(C(F)(F)F)c2)cc1C#Cc1cnc2cccnn12. The molecule has 3 aromatic heterocycles. The molecule has 0 N–H and O–H groups in total. The lowest BCUT2D eigenvalue weighted by atomic mass is 9.97. The number of imidazole rings is 2. The van der Waals surface area contributed by atoms with Crippen LogP contribution in [0.25, 0.3) is 22.6 Å². The summed E-state index contributed by atoms with van der Waals surface area (Å²) < 4.78 is 44.7. The standard InChI is InChI=1S/C33H22F3N5O/c1-22-9-10-26(17-25(22)11-12-28-19-37-32-8-5-13-39-41(28)32)31(42)16-23-14-27(33(34,35)36)18-29(15-23)40-20-30(38-21-40)24-6-3-2-4-7-24/h2-10,13-15,17-21H,16H2,1H3. The molecule has 42 heavy (non-hydrogen) atoms. The monoisotopic (exact) mass is 561 g/mol. The number of Topliss-reactive ketones (excluding diaryl/α,β-unsaturated/α-hetero) is 1. The molecule has 0 fully saturated rings. The van der Waals surface area contributed by atoms with Crippen LogP contribution in [-0.2, 0) is 12.6 Å². The average molecular weight is 562 g/mol. The van der Waals surface area contributed by atoms with Gasteiger partial charge in [-0.3, -0.25) is 4.79 Å². The van der Waals surface area contributed by atoms with Gasteiger partial charge in [-0.15, -0.1) is 0 Å². The van der Waals surface area contributed by atoms with Gasteiger partial charge < -0.3 is 4.57 Å². The van der Waals surface area contributed by atoms with Gasteiger partial charge in [0.1, 0.15) is 5.69 Å². The minimum atomic E-state index is -4.59. The van der Waals surface area contributed by atoms with E-state index in [1.54, 1.807) is 53.4 Å². The number of rotatable bonds is 5. The van der Waals surface area contributed by atoms with E-state index in [0.29, 0.717) is 28.2 Å². The van der Waals surface area contributed by atoms with Crippen LogP contribution in [0.15, 0.2) is 104 Å². The Bertz CT molecular complexity index is 2000. The fraction of sp³-hybridized carbons (Fsp3) is 0.0909. The van der Waals surface area contributed by atoms with E-state index in [0.717, 1.165) is 23.3 Å². The lowest BCUT2D eigenvalue weighted by Gasteiger charge is -2.13. The number of aromatic nitrogens is 5. The maximum atomic E-state index is 13.9. The summed E-state index contributed by atoms with van der Waals surface area (Å²) in [6, 6.07) is 21.7. The van der Waals surface area contributed by atoms with Gasteiger partial charge in [-0.2, -0.15) is 18.3 Å². The zero-order chi connectivity index (χ0) is 29.3. The van der Waals surface area contributed by atoms with Gasteiger partial charge in [0.25, 0.3) is 0 Å². The highest BCUT2D eigenvalue weighted by atomic mass is 19.4. The molecule has 6 aromatic rings. The molecule has 0 spiro atoms. The second-order valence-electron chi connectivity index (χ2n) is 9.73. The summed E-state index contributed by atoms with van der Waals surface area (Å²) in [6.07, 6.45) is 1.58. The number of fused-ring (bicyclic) bond motifs is 1. The number of halogens is 3. The molecule has 0 radical (unpaired) electrons. The summed E-state index contributed by atoms with van der Waals surface area (Å²) in [5, 5.41) is 4.25. The molecule has 0 atom stereocenters. The maximum Gasteiger partial charge on any atom is 0.416 e. The third kappa shape index (κ3) is 5.56. The van der Waals surface area contributed by atoms with Crippen molar-refractivity contribution in [3.05, 3.63) is 137 Å². The van der Waals surface area contributed by atoms with Crippen molar-refractivity contribution in [2.75, 3.05) is 0 Å². The minimum absolute atomic E-state index is 0.218. The highest BCUT2D eigenvalue weighted by Crippen LogP contribution is 2.32. The summed E-state index contributed by atoms with van der Waals surface area (Å²) in [7, 11) is 0. The lowest BCUT2D eigenvalue weighted by Crippen LogP contribution is -2.10. The quantitative estimate of drug-likeness (QED) is 0.173. The number of hydrogen-bond donors (Lipinski definition) is 0. The fourth-order valence-electron chi connectivity index (χ4n) is 4.57. The molecule has 0 amide bonds. The maximum absolute atomic E-state index is 13.9. The molecule has 0 unspecified atom stereocenters. The highest BCUT2D eigenvalue weighted by molar-refractivity contribution is 5.98. The van der Waals surface area contributed by atoms with Gasteiger partial charge in [0, 0.05) is 41.2 Å². The fourth-order valence-corrected chi connectivity index (χ4v) is 4.57. The van der Waals surface area contributed by atoms with Gasteiger partial charge in [0.15, 0.2) is 11.4 Å². The van der Waals surface area contributed by atoms with Gasteiger partial charge in [-0.25, -0.2) is 14.5 Å². The first kappa shape index (κ1) is 26.7. The van der Waals surface area contributed by atoms with Crippen LogP contribution in [0.5, 0.6) is 0 Å². The molecular formula is C33H22F3N5O. The van der Waals surface area contributed by atoms with E-state index in [2.05, 4.69) is 26.9 Å². The molecule has 0 bridgehead atoms. The number of hydrogen-bond acceptors (Lipinski definition) is 4. The van der Waals surface area contributed by atoms with Crippen LogP contribution in [0.2, 0.25) is 0 Å². The molecule has 3 heterocycles. The molecule has 0 aliphatic rings. The van der Waals surface area contributed by atoms with Crippen LogP contribution in [0, 0.1) is 18.8 Å². The number of benzene rings is 3. The van der Waals surface area contributed by atoms with Crippen molar-refractivity contribution in [1.82, 2.24) is 24.1 Å². The van der Waals surface area contributed by atoms with Crippen molar-refractivity contribution >= 4 is 11.4 Å². The van der Waals surface area contributed by atoms with Crippen LogP contribution < -0.4 is 0 Å². The van der Waals surface area contributed by atoms with E-state index < -0.39 is 11.7 Å². The third-order valence-corrected chi connectivity index (χ3v) is 6.78. The van der Waals surface area contributed by atoms with Crippen molar-refractivity contribution in [2.24, 2.45) is 0 Å². The third-order valence-electron chi connectivity index (χ3n) is 6.78. The Morgan fingerprint density at radius 2 is 1.76 bits per heavy atom. The van der Waals surface area contributed by atoms with Crippen LogP contribution in [0.4, 0.5) is 13.2 Å². The van der Waals surface area contributed by atoms with Gasteiger partial charge in [-0.1, -0.05) is 48.4 Å².